The second-order valence-corrected chi connectivity index (χ2v) is 8.46. The summed E-state index contributed by atoms with van der Waals surface area (Å²) in [6.07, 6.45) is 2.44. The second-order valence-electron chi connectivity index (χ2n) is 8.46. The smallest absolute Gasteiger partial charge is 0.306 e. The van der Waals surface area contributed by atoms with Crippen molar-refractivity contribution in [3.63, 3.8) is 0 Å². The number of hydrogen-bond donors (Lipinski definition) is 0. The maximum atomic E-state index is 12.4. The Morgan fingerprint density at radius 2 is 1.42 bits per heavy atom. The number of hydrogen-bond acceptors (Lipinski definition) is 2. The number of benzene rings is 2. The summed E-state index contributed by atoms with van der Waals surface area (Å²) >= 11 is 0. The van der Waals surface area contributed by atoms with E-state index < -0.39 is 0 Å². The van der Waals surface area contributed by atoms with Crippen LogP contribution in [0.4, 0.5) is 0 Å². The highest BCUT2D eigenvalue weighted by Gasteiger charge is 2.20. The van der Waals surface area contributed by atoms with Crippen LogP contribution in [0.15, 0.2) is 60.7 Å². The minimum Gasteiger partial charge on any atom is -0.466 e. The van der Waals surface area contributed by atoms with Gasteiger partial charge in [0, 0.05) is 5.92 Å². The Morgan fingerprint density at radius 3 is 1.88 bits per heavy atom. The fourth-order valence-electron chi connectivity index (χ4n) is 3.55. The molecule has 0 saturated heterocycles. The molecule has 0 saturated carbocycles. The molecule has 2 aromatic carbocycles. The van der Waals surface area contributed by atoms with Crippen molar-refractivity contribution in [1.29, 1.82) is 0 Å². The van der Waals surface area contributed by atoms with E-state index in [9.17, 15) is 4.79 Å². The molecule has 0 aliphatic carbocycles. The third kappa shape index (κ3) is 7.03. The van der Waals surface area contributed by atoms with E-state index in [0.29, 0.717) is 24.4 Å². The van der Waals surface area contributed by atoms with Gasteiger partial charge in [0.25, 0.3) is 0 Å². The van der Waals surface area contributed by atoms with Crippen LogP contribution >= 0.6 is 0 Å². The van der Waals surface area contributed by atoms with Gasteiger partial charge in [0.1, 0.15) is 0 Å². The molecule has 140 valence electrons. The Kier molecular flexibility index (Phi) is 7.44. The maximum Gasteiger partial charge on any atom is 0.306 e. The lowest BCUT2D eigenvalue weighted by molar-refractivity contribution is -0.144. The van der Waals surface area contributed by atoms with Gasteiger partial charge in [-0.3, -0.25) is 4.79 Å². The van der Waals surface area contributed by atoms with Gasteiger partial charge in [-0.15, -0.1) is 0 Å². The fraction of sp³-hybridized carbons (Fsp3) is 0.458. The van der Waals surface area contributed by atoms with Crippen molar-refractivity contribution >= 4 is 5.97 Å². The van der Waals surface area contributed by atoms with Crippen LogP contribution in [0.2, 0.25) is 0 Å². The molecule has 0 heterocycles. The highest BCUT2D eigenvalue weighted by Crippen LogP contribution is 2.29. The molecule has 2 nitrogen and oxygen atoms in total. The number of rotatable bonds is 8. The average molecular weight is 353 g/mol. The molecule has 2 aromatic rings. The average Bonchev–Trinajstić information content (AvgIpc) is 2.59. The first-order chi connectivity index (χ1) is 12.3. The van der Waals surface area contributed by atoms with Gasteiger partial charge in [-0.05, 0) is 35.3 Å². The van der Waals surface area contributed by atoms with Crippen LogP contribution in [0.3, 0.4) is 0 Å². The van der Waals surface area contributed by atoms with Gasteiger partial charge < -0.3 is 4.74 Å². The summed E-state index contributed by atoms with van der Waals surface area (Å²) in [7, 11) is 0. The molecule has 0 radical (unpaired) electrons. The van der Waals surface area contributed by atoms with Crippen molar-refractivity contribution < 1.29 is 9.53 Å². The van der Waals surface area contributed by atoms with Gasteiger partial charge in [0.05, 0.1) is 13.0 Å². The van der Waals surface area contributed by atoms with Gasteiger partial charge in [0.2, 0.25) is 0 Å². The maximum absolute atomic E-state index is 12.4. The van der Waals surface area contributed by atoms with Crippen molar-refractivity contribution in [2.24, 2.45) is 11.3 Å². The summed E-state index contributed by atoms with van der Waals surface area (Å²) in [5.74, 6) is 0.476. The first-order valence-corrected chi connectivity index (χ1v) is 9.60. The molecule has 1 atom stereocenters. The van der Waals surface area contributed by atoms with Gasteiger partial charge in [-0.2, -0.15) is 0 Å². The number of esters is 1. The molecule has 0 fully saturated rings. The minimum absolute atomic E-state index is 0.0388. The number of ether oxygens (including phenoxy) is 1. The van der Waals surface area contributed by atoms with Crippen LogP contribution in [0.1, 0.15) is 64.0 Å². The van der Waals surface area contributed by atoms with Crippen LogP contribution in [0, 0.1) is 11.3 Å². The third-order valence-corrected chi connectivity index (χ3v) is 4.61. The van der Waals surface area contributed by atoms with E-state index >= 15 is 0 Å². The van der Waals surface area contributed by atoms with E-state index in [-0.39, 0.29) is 11.9 Å². The molecule has 0 aliphatic heterocycles. The predicted octanol–water partition coefficient (Wildman–Crippen LogP) is 6.21. The largest absolute Gasteiger partial charge is 0.466 e. The van der Waals surface area contributed by atoms with E-state index in [1.165, 1.54) is 0 Å². The molecule has 0 bridgehead atoms. The predicted molar refractivity (Wildman–Crippen MR) is 108 cm³/mol. The first-order valence-electron chi connectivity index (χ1n) is 9.60. The molecule has 0 aliphatic rings. The summed E-state index contributed by atoms with van der Waals surface area (Å²) in [6.45, 7) is 9.49. The van der Waals surface area contributed by atoms with Crippen LogP contribution < -0.4 is 0 Å². The molecular weight excluding hydrogens is 320 g/mol. The standard InChI is InChI=1S/C24H32O2/c1-19(18-24(2,3)4)15-16-26-23(25)17-22(20-11-7-5-8-12-20)21-13-9-6-10-14-21/h5-14,19,22H,15-18H2,1-4H3/t19-/m1/s1. The Balaban J connectivity index is 1.93. The van der Waals surface area contributed by atoms with Crippen molar-refractivity contribution in [3.05, 3.63) is 71.8 Å². The normalized spacial score (nSPS) is 12.8. The summed E-state index contributed by atoms with van der Waals surface area (Å²) in [4.78, 5) is 12.4. The molecule has 0 amide bonds. The summed E-state index contributed by atoms with van der Waals surface area (Å²) in [6, 6.07) is 20.4. The van der Waals surface area contributed by atoms with Crippen LogP contribution in [-0.4, -0.2) is 12.6 Å². The lowest BCUT2D eigenvalue weighted by atomic mass is 9.84. The van der Waals surface area contributed by atoms with Gasteiger partial charge in [-0.25, -0.2) is 0 Å². The molecule has 2 heteroatoms. The first kappa shape index (κ1) is 20.2. The lowest BCUT2D eigenvalue weighted by Crippen LogP contribution is -2.16. The Bertz CT molecular complexity index is 616. The fourth-order valence-corrected chi connectivity index (χ4v) is 3.55. The van der Waals surface area contributed by atoms with E-state index in [2.05, 4.69) is 52.0 Å². The molecule has 26 heavy (non-hydrogen) atoms. The van der Waals surface area contributed by atoms with Crippen molar-refractivity contribution in [3.8, 4) is 0 Å². The molecule has 2 rings (SSSR count). The topological polar surface area (TPSA) is 26.3 Å². The molecule has 0 N–H and O–H groups in total. The SMILES string of the molecule is C[C@H](CCOC(=O)CC(c1ccccc1)c1ccccc1)CC(C)(C)C. The quantitative estimate of drug-likeness (QED) is 0.528. The molecule has 0 spiro atoms. The minimum atomic E-state index is -0.120. The van der Waals surface area contributed by atoms with Crippen molar-refractivity contribution in [1.82, 2.24) is 0 Å². The highest BCUT2D eigenvalue weighted by molar-refractivity contribution is 5.71. The Morgan fingerprint density at radius 1 is 0.923 bits per heavy atom. The molecule has 0 unspecified atom stereocenters. The second kappa shape index (κ2) is 9.56. The van der Waals surface area contributed by atoms with Gasteiger partial charge >= 0.3 is 5.97 Å². The summed E-state index contributed by atoms with van der Waals surface area (Å²) in [5.41, 5.74) is 2.61. The monoisotopic (exact) mass is 352 g/mol. The number of carbonyl (C=O) groups is 1. The van der Waals surface area contributed by atoms with Crippen molar-refractivity contribution in [2.45, 2.75) is 52.9 Å². The van der Waals surface area contributed by atoms with E-state index in [0.717, 1.165) is 24.0 Å². The Hall–Kier alpha value is -2.09. The Labute approximate surface area is 158 Å². The van der Waals surface area contributed by atoms with Gasteiger partial charge in [0.15, 0.2) is 0 Å². The van der Waals surface area contributed by atoms with E-state index in [1.807, 2.05) is 36.4 Å². The molecular formula is C24H32O2. The zero-order valence-corrected chi connectivity index (χ0v) is 16.6. The zero-order valence-electron chi connectivity index (χ0n) is 16.6. The lowest BCUT2D eigenvalue weighted by Gasteiger charge is -2.23. The zero-order chi connectivity index (χ0) is 19.0. The summed E-state index contributed by atoms with van der Waals surface area (Å²) in [5, 5.41) is 0. The number of carbonyl (C=O) groups excluding carboxylic acids is 1. The van der Waals surface area contributed by atoms with Crippen LogP contribution in [0.25, 0.3) is 0 Å². The van der Waals surface area contributed by atoms with Gasteiger partial charge in [-0.1, -0.05) is 88.4 Å². The van der Waals surface area contributed by atoms with E-state index in [1.54, 1.807) is 0 Å². The molecule has 0 aromatic heterocycles. The summed E-state index contributed by atoms with van der Waals surface area (Å²) < 4.78 is 5.56. The van der Waals surface area contributed by atoms with E-state index in [4.69, 9.17) is 4.74 Å². The van der Waals surface area contributed by atoms with Crippen LogP contribution in [-0.2, 0) is 9.53 Å². The third-order valence-electron chi connectivity index (χ3n) is 4.61. The van der Waals surface area contributed by atoms with Crippen molar-refractivity contribution in [2.75, 3.05) is 6.61 Å². The van der Waals surface area contributed by atoms with Crippen LogP contribution in [0.5, 0.6) is 0 Å². The highest BCUT2D eigenvalue weighted by atomic mass is 16.5.